The molecule has 1 saturated heterocycles. The van der Waals surface area contributed by atoms with Gasteiger partial charge in [0.1, 0.15) is 0 Å². The first-order chi connectivity index (χ1) is 9.20. The highest BCUT2D eigenvalue weighted by atomic mass is 79.9. The fraction of sp³-hybridized carbons (Fsp3) is 0.400. The third-order valence-electron chi connectivity index (χ3n) is 4.04. The predicted molar refractivity (Wildman–Crippen MR) is 83.9 cm³/mol. The maximum absolute atomic E-state index is 4.34. The minimum atomic E-state index is 0.306. The Morgan fingerprint density at radius 1 is 1.42 bits per heavy atom. The zero-order valence-corrected chi connectivity index (χ0v) is 13.4. The number of thiazole rings is 1. The zero-order valence-electron chi connectivity index (χ0n) is 10.9. The number of nitrogens with one attached hydrogen (secondary N) is 1. The molecule has 1 fully saturated rings. The molecule has 3 rings (SSSR count). The molecule has 1 aromatic carbocycles. The lowest BCUT2D eigenvalue weighted by Crippen LogP contribution is -2.57. The molecule has 2 nitrogen and oxygen atoms in total. The number of aromatic nitrogens is 1. The monoisotopic (exact) mass is 336 g/mol. The van der Waals surface area contributed by atoms with E-state index in [1.807, 2.05) is 5.51 Å². The summed E-state index contributed by atoms with van der Waals surface area (Å²) in [5.74, 6) is 0. The Hall–Kier alpha value is -0.710. The second kappa shape index (κ2) is 5.35. The molecule has 1 aromatic heterocycles. The summed E-state index contributed by atoms with van der Waals surface area (Å²) in [6.07, 6.45) is 2.32. The van der Waals surface area contributed by atoms with Crippen LogP contribution in [0.4, 0.5) is 0 Å². The molecule has 0 saturated carbocycles. The summed E-state index contributed by atoms with van der Waals surface area (Å²) in [4.78, 5) is 5.78. The molecule has 19 heavy (non-hydrogen) atoms. The van der Waals surface area contributed by atoms with Crippen LogP contribution in [0, 0.1) is 6.92 Å². The standard InChI is InChI=1S/C15H17BrN2S/c1-11-14(19-10-18-11)5-6-15(8-17-9-15)12-3-2-4-13(16)7-12/h2-4,7,10,17H,5-6,8-9H2,1H3. The third kappa shape index (κ3) is 2.62. The molecule has 0 aliphatic carbocycles. The zero-order chi connectivity index (χ0) is 13.3. The highest BCUT2D eigenvalue weighted by Gasteiger charge is 2.38. The van der Waals surface area contributed by atoms with Gasteiger partial charge in [-0.25, -0.2) is 4.98 Å². The number of nitrogens with zero attached hydrogens (tertiary/aromatic N) is 1. The number of hydrogen-bond acceptors (Lipinski definition) is 3. The minimum Gasteiger partial charge on any atom is -0.315 e. The summed E-state index contributed by atoms with van der Waals surface area (Å²) in [6, 6.07) is 8.75. The van der Waals surface area contributed by atoms with Crippen molar-refractivity contribution in [3.8, 4) is 0 Å². The van der Waals surface area contributed by atoms with Crippen LogP contribution in [0.2, 0.25) is 0 Å². The van der Waals surface area contributed by atoms with Crippen LogP contribution in [0.25, 0.3) is 0 Å². The van der Waals surface area contributed by atoms with Crippen LogP contribution in [0.3, 0.4) is 0 Å². The largest absolute Gasteiger partial charge is 0.315 e. The molecule has 1 aliphatic rings. The Kier molecular flexibility index (Phi) is 3.74. The van der Waals surface area contributed by atoms with Gasteiger partial charge in [0, 0.05) is 27.9 Å². The molecule has 100 valence electrons. The minimum absolute atomic E-state index is 0.306. The van der Waals surface area contributed by atoms with E-state index in [2.05, 4.69) is 57.4 Å². The van der Waals surface area contributed by atoms with Gasteiger partial charge in [0.15, 0.2) is 0 Å². The maximum atomic E-state index is 4.34. The summed E-state index contributed by atoms with van der Waals surface area (Å²) in [5, 5.41) is 3.44. The first-order valence-corrected chi connectivity index (χ1v) is 8.23. The van der Waals surface area contributed by atoms with Crippen LogP contribution >= 0.6 is 27.3 Å². The van der Waals surface area contributed by atoms with Crippen molar-refractivity contribution in [2.45, 2.75) is 25.2 Å². The summed E-state index contributed by atoms with van der Waals surface area (Å²) in [6.45, 7) is 4.28. The van der Waals surface area contributed by atoms with Crippen LogP contribution in [-0.4, -0.2) is 18.1 Å². The van der Waals surface area contributed by atoms with Crippen molar-refractivity contribution in [3.05, 3.63) is 50.4 Å². The predicted octanol–water partition coefficient (Wildman–Crippen LogP) is 3.69. The van der Waals surface area contributed by atoms with E-state index in [1.54, 1.807) is 11.3 Å². The molecule has 1 N–H and O–H groups in total. The smallest absolute Gasteiger partial charge is 0.0797 e. The molecule has 0 spiro atoms. The van der Waals surface area contributed by atoms with E-state index >= 15 is 0 Å². The number of hydrogen-bond donors (Lipinski definition) is 1. The normalized spacial score (nSPS) is 17.2. The first-order valence-electron chi connectivity index (χ1n) is 6.55. The van der Waals surface area contributed by atoms with Crippen LogP contribution in [-0.2, 0) is 11.8 Å². The number of halogens is 1. The molecule has 0 amide bonds. The van der Waals surface area contributed by atoms with Crippen molar-refractivity contribution in [2.75, 3.05) is 13.1 Å². The highest BCUT2D eigenvalue weighted by molar-refractivity contribution is 9.10. The van der Waals surface area contributed by atoms with Gasteiger partial charge in [0.05, 0.1) is 11.2 Å². The molecule has 0 unspecified atom stereocenters. The lowest BCUT2D eigenvalue weighted by atomic mass is 9.72. The van der Waals surface area contributed by atoms with Gasteiger partial charge in [-0.2, -0.15) is 0 Å². The summed E-state index contributed by atoms with van der Waals surface area (Å²) >= 11 is 5.36. The van der Waals surface area contributed by atoms with Crippen molar-refractivity contribution in [1.29, 1.82) is 0 Å². The summed E-state index contributed by atoms with van der Waals surface area (Å²) < 4.78 is 1.17. The van der Waals surface area contributed by atoms with Gasteiger partial charge in [0.25, 0.3) is 0 Å². The molecule has 2 heterocycles. The summed E-state index contributed by atoms with van der Waals surface area (Å²) in [7, 11) is 0. The molecule has 0 radical (unpaired) electrons. The van der Waals surface area contributed by atoms with E-state index in [-0.39, 0.29) is 0 Å². The van der Waals surface area contributed by atoms with Gasteiger partial charge in [-0.1, -0.05) is 28.1 Å². The van der Waals surface area contributed by atoms with Gasteiger partial charge in [-0.3, -0.25) is 0 Å². The van der Waals surface area contributed by atoms with Crippen molar-refractivity contribution in [2.24, 2.45) is 0 Å². The molecule has 1 aliphatic heterocycles. The molecule has 4 heteroatoms. The first kappa shape index (κ1) is 13.3. The fourth-order valence-corrected chi connectivity index (χ4v) is 3.87. The molecule has 2 aromatic rings. The van der Waals surface area contributed by atoms with Crippen LogP contribution < -0.4 is 5.32 Å². The van der Waals surface area contributed by atoms with Crippen LogP contribution in [0.5, 0.6) is 0 Å². The van der Waals surface area contributed by atoms with E-state index in [0.29, 0.717) is 5.41 Å². The SMILES string of the molecule is Cc1ncsc1CCC1(c2cccc(Br)c2)CNC1. The van der Waals surface area contributed by atoms with Gasteiger partial charge >= 0.3 is 0 Å². The maximum Gasteiger partial charge on any atom is 0.0797 e. The molecule has 0 bridgehead atoms. The average Bonchev–Trinajstić information content (AvgIpc) is 2.74. The van der Waals surface area contributed by atoms with Crippen LogP contribution in [0.1, 0.15) is 22.6 Å². The highest BCUT2D eigenvalue weighted by Crippen LogP contribution is 2.35. The van der Waals surface area contributed by atoms with E-state index in [4.69, 9.17) is 0 Å². The van der Waals surface area contributed by atoms with E-state index in [1.165, 1.54) is 27.0 Å². The lowest BCUT2D eigenvalue weighted by molar-refractivity contribution is 0.258. The molecule has 0 atom stereocenters. The lowest BCUT2D eigenvalue weighted by Gasteiger charge is -2.43. The quantitative estimate of drug-likeness (QED) is 0.920. The van der Waals surface area contributed by atoms with E-state index < -0.39 is 0 Å². The van der Waals surface area contributed by atoms with Gasteiger partial charge in [-0.05, 0) is 37.5 Å². The second-order valence-electron chi connectivity index (χ2n) is 5.26. The van der Waals surface area contributed by atoms with Crippen molar-refractivity contribution in [3.63, 3.8) is 0 Å². The Balaban J connectivity index is 1.78. The Labute approximate surface area is 126 Å². The van der Waals surface area contributed by atoms with Gasteiger partial charge in [0.2, 0.25) is 0 Å². The molecular formula is C15H17BrN2S. The summed E-state index contributed by atoms with van der Waals surface area (Å²) in [5.41, 5.74) is 4.90. The Morgan fingerprint density at radius 3 is 2.84 bits per heavy atom. The Bertz CT molecular complexity index is 575. The third-order valence-corrected chi connectivity index (χ3v) is 5.53. The van der Waals surface area contributed by atoms with Gasteiger partial charge < -0.3 is 5.32 Å². The van der Waals surface area contributed by atoms with Crippen LogP contribution in [0.15, 0.2) is 34.2 Å². The van der Waals surface area contributed by atoms with Crippen molar-refractivity contribution in [1.82, 2.24) is 10.3 Å². The van der Waals surface area contributed by atoms with Crippen molar-refractivity contribution < 1.29 is 0 Å². The molecular weight excluding hydrogens is 320 g/mol. The second-order valence-corrected chi connectivity index (χ2v) is 7.11. The number of aryl methyl sites for hydroxylation is 2. The van der Waals surface area contributed by atoms with Crippen molar-refractivity contribution >= 4 is 27.3 Å². The fourth-order valence-electron chi connectivity index (χ4n) is 2.69. The van der Waals surface area contributed by atoms with Gasteiger partial charge in [-0.15, -0.1) is 11.3 Å². The number of rotatable bonds is 4. The van der Waals surface area contributed by atoms with E-state index in [0.717, 1.165) is 19.5 Å². The Morgan fingerprint density at radius 2 is 2.26 bits per heavy atom. The van der Waals surface area contributed by atoms with E-state index in [9.17, 15) is 0 Å². The average molecular weight is 337 g/mol. The topological polar surface area (TPSA) is 24.9 Å². The number of benzene rings is 1.